The van der Waals surface area contributed by atoms with Crippen LogP contribution in [0.4, 0.5) is 22.7 Å². The third-order valence-electron chi connectivity index (χ3n) is 7.48. The molecule has 0 aliphatic rings. The van der Waals surface area contributed by atoms with Gasteiger partial charge in [-0.25, -0.2) is 0 Å². The molecule has 0 amide bonds. The fraction of sp³-hybridized carbons (Fsp3) is 0.278. The third kappa shape index (κ3) is 7.06. The highest BCUT2D eigenvalue weighted by Gasteiger charge is 2.06. The molecule has 4 aromatic rings. The van der Waals surface area contributed by atoms with Crippen LogP contribution < -0.4 is 9.80 Å². The van der Waals surface area contributed by atoms with Gasteiger partial charge in [-0.1, -0.05) is 36.4 Å². The Bertz CT molecular complexity index is 1330. The first-order chi connectivity index (χ1) is 19.4. The van der Waals surface area contributed by atoms with Gasteiger partial charge in [0.2, 0.25) is 0 Å². The Hall–Kier alpha value is -4.18. The first kappa shape index (κ1) is 28.8. The molecule has 40 heavy (non-hydrogen) atoms. The van der Waals surface area contributed by atoms with Crippen LogP contribution in [-0.2, 0) is 0 Å². The largest absolute Gasteiger partial charge is 0.372 e. The van der Waals surface area contributed by atoms with E-state index in [2.05, 4.69) is 136 Å². The maximum Gasteiger partial charge on any atom is 0.0659 e. The van der Waals surface area contributed by atoms with Crippen molar-refractivity contribution in [2.24, 2.45) is 9.98 Å². The number of anilines is 2. The van der Waals surface area contributed by atoms with Crippen molar-refractivity contribution >= 4 is 35.2 Å². The molecule has 0 saturated carbocycles. The molecule has 0 aromatic heterocycles. The summed E-state index contributed by atoms with van der Waals surface area (Å²) >= 11 is 0. The highest BCUT2D eigenvalue weighted by atomic mass is 15.1. The Balaban J connectivity index is 1.44. The van der Waals surface area contributed by atoms with Gasteiger partial charge in [-0.3, -0.25) is 9.98 Å². The van der Waals surface area contributed by atoms with Gasteiger partial charge >= 0.3 is 0 Å². The van der Waals surface area contributed by atoms with E-state index in [1.807, 2.05) is 12.4 Å². The van der Waals surface area contributed by atoms with E-state index in [1.165, 1.54) is 22.5 Å². The van der Waals surface area contributed by atoms with Gasteiger partial charge in [0.1, 0.15) is 0 Å². The molecule has 4 rings (SSSR count). The molecule has 4 nitrogen and oxygen atoms in total. The highest BCUT2D eigenvalue weighted by molar-refractivity contribution is 5.84. The van der Waals surface area contributed by atoms with Gasteiger partial charge in [-0.05, 0) is 123 Å². The van der Waals surface area contributed by atoms with Crippen molar-refractivity contribution in [1.82, 2.24) is 0 Å². The molecular formula is C36H42N4. The normalized spacial score (nSPS) is 11.4. The van der Waals surface area contributed by atoms with Crippen LogP contribution in [-0.4, -0.2) is 38.6 Å². The number of aliphatic imine (C=N–C) groups is 2. The van der Waals surface area contributed by atoms with Gasteiger partial charge in [-0.2, -0.15) is 0 Å². The summed E-state index contributed by atoms with van der Waals surface area (Å²) in [6.45, 7) is 17.0. The maximum atomic E-state index is 4.77. The number of benzene rings is 4. The zero-order chi connectivity index (χ0) is 28.5. The standard InChI is InChI=1S/C36H42N4/c1-7-39(8-2)33-17-11-29(12-18-33)25-37-35-21-15-31(23-27(35)5)32-16-22-36(28(6)24-32)38-26-30-13-19-34(20-14-30)40(9-3)10-4/h11-26H,7-10H2,1-6H3. The van der Waals surface area contributed by atoms with E-state index in [4.69, 9.17) is 9.98 Å². The lowest BCUT2D eigenvalue weighted by Crippen LogP contribution is -2.21. The molecule has 0 saturated heterocycles. The van der Waals surface area contributed by atoms with Crippen LogP contribution in [0.15, 0.2) is 94.9 Å². The Labute approximate surface area is 240 Å². The molecule has 0 aliphatic heterocycles. The van der Waals surface area contributed by atoms with Crippen LogP contribution in [0, 0.1) is 13.8 Å². The highest BCUT2D eigenvalue weighted by Crippen LogP contribution is 2.30. The lowest BCUT2D eigenvalue weighted by molar-refractivity contribution is 0.866. The van der Waals surface area contributed by atoms with E-state index in [0.717, 1.165) is 59.8 Å². The SMILES string of the molecule is CCN(CC)c1ccc(C=Nc2ccc(-c3ccc(N=Cc4ccc(N(CC)CC)cc4)c(C)c3)cc2C)cc1. The average Bonchev–Trinajstić information content (AvgIpc) is 2.98. The molecule has 4 heteroatoms. The minimum absolute atomic E-state index is 0.988. The first-order valence-electron chi connectivity index (χ1n) is 14.5. The summed E-state index contributed by atoms with van der Waals surface area (Å²) in [5.41, 5.74) is 11.4. The first-order valence-corrected chi connectivity index (χ1v) is 14.5. The Morgan fingerprint density at radius 1 is 0.500 bits per heavy atom. The third-order valence-corrected chi connectivity index (χ3v) is 7.48. The number of nitrogens with zero attached hydrogens (tertiary/aromatic N) is 4. The molecule has 4 aromatic carbocycles. The van der Waals surface area contributed by atoms with Crippen LogP contribution >= 0.6 is 0 Å². The summed E-state index contributed by atoms with van der Waals surface area (Å²) in [5, 5.41) is 0. The molecule has 0 aliphatic carbocycles. The summed E-state index contributed by atoms with van der Waals surface area (Å²) in [6.07, 6.45) is 3.89. The predicted octanol–water partition coefficient (Wildman–Crippen LogP) is 9.16. The van der Waals surface area contributed by atoms with Crippen LogP contribution in [0.3, 0.4) is 0 Å². The fourth-order valence-corrected chi connectivity index (χ4v) is 4.97. The Morgan fingerprint density at radius 3 is 1.15 bits per heavy atom. The summed E-state index contributed by atoms with van der Waals surface area (Å²) in [6, 6.07) is 30.2. The molecule has 0 radical (unpaired) electrons. The van der Waals surface area contributed by atoms with E-state index in [0.29, 0.717) is 0 Å². The minimum Gasteiger partial charge on any atom is -0.372 e. The quantitative estimate of drug-likeness (QED) is 0.181. The summed E-state index contributed by atoms with van der Waals surface area (Å²) < 4.78 is 0. The second-order valence-corrected chi connectivity index (χ2v) is 10.0. The summed E-state index contributed by atoms with van der Waals surface area (Å²) in [4.78, 5) is 14.2. The van der Waals surface area contributed by atoms with Crippen molar-refractivity contribution in [3.05, 3.63) is 107 Å². The van der Waals surface area contributed by atoms with Crippen LogP contribution in [0.1, 0.15) is 49.9 Å². The van der Waals surface area contributed by atoms with Crippen molar-refractivity contribution in [3.63, 3.8) is 0 Å². The van der Waals surface area contributed by atoms with Gasteiger partial charge in [0.25, 0.3) is 0 Å². The van der Waals surface area contributed by atoms with Crippen molar-refractivity contribution in [2.75, 3.05) is 36.0 Å². The molecule has 206 valence electrons. The van der Waals surface area contributed by atoms with Crippen molar-refractivity contribution in [3.8, 4) is 11.1 Å². The van der Waals surface area contributed by atoms with Gasteiger partial charge in [-0.15, -0.1) is 0 Å². The van der Waals surface area contributed by atoms with Crippen LogP contribution in [0.5, 0.6) is 0 Å². The van der Waals surface area contributed by atoms with Crippen molar-refractivity contribution < 1.29 is 0 Å². The zero-order valence-electron chi connectivity index (χ0n) is 24.9. The number of aryl methyl sites for hydroxylation is 2. The maximum absolute atomic E-state index is 4.77. The van der Waals surface area contributed by atoms with Crippen LogP contribution in [0.2, 0.25) is 0 Å². The lowest BCUT2D eigenvalue weighted by Gasteiger charge is -2.20. The predicted molar refractivity (Wildman–Crippen MR) is 176 cm³/mol. The fourth-order valence-electron chi connectivity index (χ4n) is 4.97. The average molecular weight is 531 g/mol. The van der Waals surface area contributed by atoms with Gasteiger partial charge in [0, 0.05) is 50.0 Å². The summed E-state index contributed by atoms with van der Waals surface area (Å²) in [7, 11) is 0. The molecule has 0 spiro atoms. The van der Waals surface area contributed by atoms with E-state index >= 15 is 0 Å². The zero-order valence-corrected chi connectivity index (χ0v) is 24.9. The smallest absolute Gasteiger partial charge is 0.0659 e. The lowest BCUT2D eigenvalue weighted by atomic mass is 10.00. The Kier molecular flexibility index (Phi) is 9.91. The van der Waals surface area contributed by atoms with Crippen molar-refractivity contribution in [2.45, 2.75) is 41.5 Å². The van der Waals surface area contributed by atoms with Gasteiger partial charge < -0.3 is 9.80 Å². The van der Waals surface area contributed by atoms with Crippen LogP contribution in [0.25, 0.3) is 11.1 Å². The second-order valence-electron chi connectivity index (χ2n) is 10.0. The number of hydrogen-bond donors (Lipinski definition) is 0. The molecule has 0 unspecified atom stereocenters. The van der Waals surface area contributed by atoms with Crippen molar-refractivity contribution in [1.29, 1.82) is 0 Å². The summed E-state index contributed by atoms with van der Waals surface area (Å²) in [5.74, 6) is 0. The van der Waals surface area contributed by atoms with Gasteiger partial charge in [0.15, 0.2) is 0 Å². The molecule has 0 N–H and O–H groups in total. The molecule has 0 atom stereocenters. The molecule has 0 heterocycles. The topological polar surface area (TPSA) is 31.2 Å². The monoisotopic (exact) mass is 530 g/mol. The van der Waals surface area contributed by atoms with E-state index < -0.39 is 0 Å². The van der Waals surface area contributed by atoms with E-state index in [9.17, 15) is 0 Å². The molecule has 0 bridgehead atoms. The van der Waals surface area contributed by atoms with E-state index in [1.54, 1.807) is 0 Å². The molecule has 0 fully saturated rings. The minimum atomic E-state index is 0.988. The number of hydrogen-bond acceptors (Lipinski definition) is 4. The van der Waals surface area contributed by atoms with Gasteiger partial charge in [0.05, 0.1) is 11.4 Å². The van der Waals surface area contributed by atoms with E-state index in [-0.39, 0.29) is 0 Å². The molecular weight excluding hydrogens is 488 g/mol. The number of rotatable bonds is 11. The second kappa shape index (κ2) is 13.7. The Morgan fingerprint density at radius 2 is 0.850 bits per heavy atom.